The summed E-state index contributed by atoms with van der Waals surface area (Å²) in [6.45, 7) is 9.38. The lowest BCUT2D eigenvalue weighted by Gasteiger charge is -2.33. The molecule has 1 aliphatic heterocycles. The average molecular weight is 401 g/mol. The van der Waals surface area contributed by atoms with Crippen molar-refractivity contribution in [3.63, 3.8) is 0 Å². The van der Waals surface area contributed by atoms with Crippen LogP contribution in [0.5, 0.6) is 0 Å². The minimum Gasteiger partial charge on any atom is -0.466 e. The van der Waals surface area contributed by atoms with Gasteiger partial charge in [0.05, 0.1) is 19.4 Å². The lowest BCUT2D eigenvalue weighted by molar-refractivity contribution is 0.0386. The number of rotatable bonds is 7. The Labute approximate surface area is 172 Å². The number of hydrogen-bond donors (Lipinski definition) is 3. The Morgan fingerprint density at radius 3 is 2.66 bits per heavy atom. The zero-order chi connectivity index (χ0) is 20.7. The van der Waals surface area contributed by atoms with E-state index in [2.05, 4.69) is 49.6 Å². The fourth-order valence-electron chi connectivity index (χ4n) is 3.17. The van der Waals surface area contributed by atoms with Gasteiger partial charge in [-0.2, -0.15) is 0 Å². The summed E-state index contributed by atoms with van der Waals surface area (Å²) in [5.41, 5.74) is -0.0799. The largest absolute Gasteiger partial charge is 0.466 e. The zero-order valence-electron chi connectivity index (χ0n) is 17.6. The second-order valence-electron chi connectivity index (χ2n) is 7.61. The summed E-state index contributed by atoms with van der Waals surface area (Å²) in [5, 5.41) is 17.0. The Morgan fingerprint density at radius 1 is 1.24 bits per heavy atom. The Morgan fingerprint density at radius 2 is 2.03 bits per heavy atom. The second kappa shape index (κ2) is 9.76. The molecule has 0 spiro atoms. The van der Waals surface area contributed by atoms with Gasteiger partial charge in [0.25, 0.3) is 0 Å². The first-order valence-electron chi connectivity index (χ1n) is 10.1. The van der Waals surface area contributed by atoms with Crippen LogP contribution in [0.25, 0.3) is 0 Å². The van der Waals surface area contributed by atoms with Gasteiger partial charge in [0.15, 0.2) is 5.96 Å². The summed E-state index contributed by atoms with van der Waals surface area (Å²) < 4.78 is 5.32. The van der Waals surface area contributed by atoms with E-state index < -0.39 is 5.60 Å². The molecule has 0 aromatic carbocycles. The number of guanidine groups is 1. The summed E-state index contributed by atoms with van der Waals surface area (Å²) in [6.07, 6.45) is 3.45. The van der Waals surface area contributed by atoms with E-state index in [4.69, 9.17) is 4.42 Å². The second-order valence-corrected chi connectivity index (χ2v) is 7.61. The molecule has 1 atom stereocenters. The van der Waals surface area contributed by atoms with E-state index in [0.29, 0.717) is 18.3 Å². The summed E-state index contributed by atoms with van der Waals surface area (Å²) in [6, 6.07) is 7.67. The standard InChI is InChI=1S/C21H32N6O2/c1-4-22-20(25-16-21(2,28)18-6-5-13-29-18)24-15-17-7-8-19(23-14-17)27-11-9-26(3)10-12-27/h5-8,13-14,28H,4,9-12,15-16H2,1-3H3,(H2,22,24,25). The van der Waals surface area contributed by atoms with Crippen LogP contribution in [0, 0.1) is 0 Å². The van der Waals surface area contributed by atoms with Crippen molar-refractivity contribution in [3.8, 4) is 0 Å². The topological polar surface area (TPSA) is 89.2 Å². The van der Waals surface area contributed by atoms with Crippen molar-refractivity contribution in [1.29, 1.82) is 0 Å². The van der Waals surface area contributed by atoms with Gasteiger partial charge in [-0.25, -0.2) is 9.98 Å². The molecule has 158 valence electrons. The molecule has 0 radical (unpaired) electrons. The molecule has 3 heterocycles. The number of hydrogen-bond acceptors (Lipinski definition) is 6. The molecule has 1 fully saturated rings. The molecular formula is C21H32N6O2. The summed E-state index contributed by atoms with van der Waals surface area (Å²) in [7, 11) is 2.15. The van der Waals surface area contributed by atoms with E-state index >= 15 is 0 Å². The van der Waals surface area contributed by atoms with Crippen molar-refractivity contribution in [3.05, 3.63) is 48.0 Å². The fourth-order valence-corrected chi connectivity index (χ4v) is 3.17. The molecule has 1 unspecified atom stereocenters. The number of aliphatic hydroxyl groups is 1. The molecule has 3 N–H and O–H groups in total. The van der Waals surface area contributed by atoms with Crippen LogP contribution in [-0.4, -0.2) is 67.3 Å². The normalized spacial score (nSPS) is 17.8. The molecule has 8 heteroatoms. The number of nitrogens with one attached hydrogen (secondary N) is 2. The third kappa shape index (κ3) is 5.95. The summed E-state index contributed by atoms with van der Waals surface area (Å²) in [5.74, 6) is 2.18. The Bertz CT molecular complexity index is 765. The van der Waals surface area contributed by atoms with Crippen LogP contribution in [0.1, 0.15) is 25.2 Å². The molecule has 0 aliphatic carbocycles. The minimum atomic E-state index is -1.12. The molecule has 8 nitrogen and oxygen atoms in total. The maximum absolute atomic E-state index is 10.6. The highest BCUT2D eigenvalue weighted by Gasteiger charge is 2.26. The average Bonchev–Trinajstić information content (AvgIpc) is 3.27. The van der Waals surface area contributed by atoms with Crippen molar-refractivity contribution in [2.45, 2.75) is 26.0 Å². The quantitative estimate of drug-likeness (QED) is 0.478. The van der Waals surface area contributed by atoms with Crippen LogP contribution in [0.3, 0.4) is 0 Å². The van der Waals surface area contributed by atoms with Gasteiger partial charge in [-0.1, -0.05) is 6.07 Å². The van der Waals surface area contributed by atoms with E-state index in [1.54, 1.807) is 25.3 Å². The highest BCUT2D eigenvalue weighted by atomic mass is 16.4. The maximum Gasteiger partial charge on any atom is 0.191 e. The molecular weight excluding hydrogens is 368 g/mol. The van der Waals surface area contributed by atoms with Gasteiger partial charge in [0, 0.05) is 38.9 Å². The smallest absolute Gasteiger partial charge is 0.191 e. The molecule has 1 aliphatic rings. The number of likely N-dealkylation sites (N-methyl/N-ethyl adjacent to an activating group) is 1. The first kappa shape index (κ1) is 21.1. The van der Waals surface area contributed by atoms with E-state index in [9.17, 15) is 5.11 Å². The lowest BCUT2D eigenvalue weighted by atomic mass is 10.0. The Hall–Kier alpha value is -2.58. The van der Waals surface area contributed by atoms with Gasteiger partial charge in [-0.3, -0.25) is 0 Å². The Balaban J connectivity index is 1.56. The third-order valence-electron chi connectivity index (χ3n) is 5.05. The first-order valence-corrected chi connectivity index (χ1v) is 10.1. The molecule has 3 rings (SSSR count). The van der Waals surface area contributed by atoms with Crippen LogP contribution in [0.15, 0.2) is 46.1 Å². The third-order valence-corrected chi connectivity index (χ3v) is 5.05. The van der Waals surface area contributed by atoms with Crippen LogP contribution >= 0.6 is 0 Å². The summed E-state index contributed by atoms with van der Waals surface area (Å²) >= 11 is 0. The van der Waals surface area contributed by atoms with E-state index in [1.165, 1.54) is 0 Å². The van der Waals surface area contributed by atoms with Gasteiger partial charge in [0.2, 0.25) is 0 Å². The number of furan rings is 1. The Kier molecular flexibility index (Phi) is 7.11. The highest BCUT2D eigenvalue weighted by molar-refractivity contribution is 5.79. The monoisotopic (exact) mass is 400 g/mol. The van der Waals surface area contributed by atoms with E-state index in [-0.39, 0.29) is 6.54 Å². The van der Waals surface area contributed by atoms with Crippen molar-refractivity contribution in [2.24, 2.45) is 4.99 Å². The zero-order valence-corrected chi connectivity index (χ0v) is 17.6. The number of piperazine rings is 1. The minimum absolute atomic E-state index is 0.285. The summed E-state index contributed by atoms with van der Waals surface area (Å²) in [4.78, 5) is 13.9. The van der Waals surface area contributed by atoms with Crippen LogP contribution in [-0.2, 0) is 12.1 Å². The number of anilines is 1. The van der Waals surface area contributed by atoms with Crippen LogP contribution in [0.4, 0.5) is 5.82 Å². The number of aliphatic imine (C=N–C) groups is 1. The SMILES string of the molecule is CCNC(=NCc1ccc(N2CCN(C)CC2)nc1)NCC(C)(O)c1ccco1. The van der Waals surface area contributed by atoms with Crippen molar-refractivity contribution in [1.82, 2.24) is 20.5 Å². The lowest BCUT2D eigenvalue weighted by Crippen LogP contribution is -2.44. The van der Waals surface area contributed by atoms with Crippen LogP contribution < -0.4 is 15.5 Å². The molecule has 0 bridgehead atoms. The van der Waals surface area contributed by atoms with Gasteiger partial charge in [-0.05, 0) is 44.7 Å². The highest BCUT2D eigenvalue weighted by Crippen LogP contribution is 2.19. The van der Waals surface area contributed by atoms with Crippen molar-refractivity contribution in [2.75, 3.05) is 51.2 Å². The number of aromatic nitrogens is 1. The first-order chi connectivity index (χ1) is 14.0. The maximum atomic E-state index is 10.6. The molecule has 29 heavy (non-hydrogen) atoms. The predicted octanol–water partition coefficient (Wildman–Crippen LogP) is 1.39. The van der Waals surface area contributed by atoms with Gasteiger partial charge < -0.3 is 30.0 Å². The van der Waals surface area contributed by atoms with E-state index in [1.807, 2.05) is 13.1 Å². The predicted molar refractivity (Wildman–Crippen MR) is 115 cm³/mol. The van der Waals surface area contributed by atoms with Gasteiger partial charge in [0.1, 0.15) is 17.2 Å². The fraction of sp³-hybridized carbons (Fsp3) is 0.524. The molecule has 1 saturated heterocycles. The van der Waals surface area contributed by atoms with E-state index in [0.717, 1.165) is 44.1 Å². The van der Waals surface area contributed by atoms with Gasteiger partial charge >= 0.3 is 0 Å². The molecule has 0 saturated carbocycles. The van der Waals surface area contributed by atoms with Crippen molar-refractivity contribution >= 4 is 11.8 Å². The van der Waals surface area contributed by atoms with Gasteiger partial charge in [-0.15, -0.1) is 0 Å². The molecule has 0 amide bonds. The van der Waals surface area contributed by atoms with Crippen molar-refractivity contribution < 1.29 is 9.52 Å². The number of pyridine rings is 1. The van der Waals surface area contributed by atoms with Crippen LogP contribution in [0.2, 0.25) is 0 Å². The number of nitrogens with zero attached hydrogens (tertiary/aromatic N) is 4. The molecule has 2 aromatic rings. The molecule has 2 aromatic heterocycles.